The van der Waals surface area contributed by atoms with Crippen molar-refractivity contribution < 1.29 is 13.6 Å². The van der Waals surface area contributed by atoms with Crippen LogP contribution in [-0.2, 0) is 0 Å². The van der Waals surface area contributed by atoms with Gasteiger partial charge >= 0.3 is 0 Å². The fourth-order valence-electron chi connectivity index (χ4n) is 2.00. The number of carbonyl (C=O) groups excluding carboxylic acids is 1. The average Bonchev–Trinajstić information content (AvgIpc) is 3.01. The molecule has 2 aromatic carbocycles. The van der Waals surface area contributed by atoms with E-state index in [0.717, 1.165) is 12.1 Å². The molecule has 4 nitrogen and oxygen atoms in total. The standard InChI is InChI=1S/C16H10ClF2N3O/c17-10-3-1-4-11(9-10)22-8-7-14(21-22)16(23)20-15-12(18)5-2-6-13(15)19/h1-9H,(H,20,23). The van der Waals surface area contributed by atoms with E-state index in [1.165, 1.54) is 16.8 Å². The number of nitrogens with zero attached hydrogens (tertiary/aromatic N) is 2. The van der Waals surface area contributed by atoms with Crippen LogP contribution in [0.3, 0.4) is 0 Å². The molecule has 23 heavy (non-hydrogen) atoms. The summed E-state index contributed by atoms with van der Waals surface area (Å²) in [7, 11) is 0. The van der Waals surface area contributed by atoms with Crippen molar-refractivity contribution in [1.29, 1.82) is 0 Å². The average molecular weight is 334 g/mol. The van der Waals surface area contributed by atoms with Crippen LogP contribution in [0.5, 0.6) is 0 Å². The van der Waals surface area contributed by atoms with Crippen LogP contribution in [0, 0.1) is 11.6 Å². The zero-order chi connectivity index (χ0) is 16.4. The van der Waals surface area contributed by atoms with Crippen LogP contribution >= 0.6 is 11.6 Å². The molecule has 7 heteroatoms. The van der Waals surface area contributed by atoms with Crippen molar-refractivity contribution in [2.45, 2.75) is 0 Å². The van der Waals surface area contributed by atoms with E-state index in [2.05, 4.69) is 10.4 Å². The molecule has 0 aliphatic carbocycles. The van der Waals surface area contributed by atoms with Gasteiger partial charge in [-0.1, -0.05) is 23.7 Å². The molecule has 0 bridgehead atoms. The van der Waals surface area contributed by atoms with Crippen LogP contribution < -0.4 is 5.32 Å². The molecule has 0 saturated heterocycles. The first-order chi connectivity index (χ1) is 11.0. The van der Waals surface area contributed by atoms with Gasteiger partial charge in [-0.2, -0.15) is 5.10 Å². The van der Waals surface area contributed by atoms with Crippen LogP contribution in [0.15, 0.2) is 54.7 Å². The first kappa shape index (κ1) is 15.2. The SMILES string of the molecule is O=C(Nc1c(F)cccc1F)c1ccn(-c2cccc(Cl)c2)n1. The largest absolute Gasteiger partial charge is 0.316 e. The summed E-state index contributed by atoms with van der Waals surface area (Å²) in [6.07, 6.45) is 1.55. The number of hydrogen-bond acceptors (Lipinski definition) is 2. The first-order valence-corrected chi connectivity index (χ1v) is 6.99. The van der Waals surface area contributed by atoms with Crippen LogP contribution in [0.4, 0.5) is 14.5 Å². The maximum absolute atomic E-state index is 13.5. The Morgan fingerprint density at radius 2 is 1.78 bits per heavy atom. The normalized spacial score (nSPS) is 10.6. The predicted octanol–water partition coefficient (Wildman–Crippen LogP) is 4.06. The second-order valence-electron chi connectivity index (χ2n) is 4.68. The van der Waals surface area contributed by atoms with Gasteiger partial charge in [0, 0.05) is 11.2 Å². The molecular weight excluding hydrogens is 324 g/mol. The molecule has 1 N–H and O–H groups in total. The van der Waals surface area contributed by atoms with E-state index >= 15 is 0 Å². The highest BCUT2D eigenvalue weighted by Gasteiger charge is 2.15. The number of anilines is 1. The minimum Gasteiger partial charge on any atom is -0.316 e. The lowest BCUT2D eigenvalue weighted by molar-refractivity contribution is 0.102. The van der Waals surface area contributed by atoms with Crippen LogP contribution in [0.25, 0.3) is 5.69 Å². The molecular formula is C16H10ClF2N3O. The Kier molecular flexibility index (Phi) is 4.08. The van der Waals surface area contributed by atoms with Gasteiger partial charge < -0.3 is 5.32 Å². The molecule has 0 fully saturated rings. The predicted molar refractivity (Wildman–Crippen MR) is 82.9 cm³/mol. The molecule has 0 saturated carbocycles. The number of para-hydroxylation sites is 1. The molecule has 1 amide bonds. The van der Waals surface area contributed by atoms with Crippen molar-refractivity contribution in [3.63, 3.8) is 0 Å². The van der Waals surface area contributed by atoms with E-state index in [1.807, 2.05) is 0 Å². The van der Waals surface area contributed by atoms with Crippen molar-refractivity contribution >= 4 is 23.2 Å². The summed E-state index contributed by atoms with van der Waals surface area (Å²) in [6, 6.07) is 11.7. The summed E-state index contributed by atoms with van der Waals surface area (Å²) in [5.74, 6) is -2.42. The third-order valence-electron chi connectivity index (χ3n) is 3.10. The van der Waals surface area contributed by atoms with Crippen LogP contribution in [0.2, 0.25) is 5.02 Å². The fraction of sp³-hybridized carbons (Fsp3) is 0. The van der Waals surface area contributed by atoms with Crippen molar-refractivity contribution in [3.05, 3.63) is 77.1 Å². The van der Waals surface area contributed by atoms with Gasteiger partial charge in [-0.15, -0.1) is 0 Å². The Morgan fingerprint density at radius 1 is 1.09 bits per heavy atom. The second-order valence-corrected chi connectivity index (χ2v) is 5.11. The monoisotopic (exact) mass is 333 g/mol. The molecule has 1 heterocycles. The summed E-state index contributed by atoms with van der Waals surface area (Å²) in [5, 5.41) is 6.78. The molecule has 0 aliphatic rings. The molecule has 0 radical (unpaired) electrons. The van der Waals surface area contributed by atoms with Gasteiger partial charge in [-0.3, -0.25) is 4.79 Å². The number of carbonyl (C=O) groups is 1. The zero-order valence-corrected chi connectivity index (χ0v) is 12.4. The third-order valence-corrected chi connectivity index (χ3v) is 3.33. The number of amides is 1. The lowest BCUT2D eigenvalue weighted by Crippen LogP contribution is -2.15. The second kappa shape index (κ2) is 6.18. The Labute approximate surface area is 135 Å². The van der Waals surface area contributed by atoms with Gasteiger partial charge in [0.1, 0.15) is 17.3 Å². The maximum atomic E-state index is 13.5. The molecule has 3 rings (SSSR count). The number of hydrogen-bond donors (Lipinski definition) is 1. The Balaban J connectivity index is 1.84. The summed E-state index contributed by atoms with van der Waals surface area (Å²) in [5.41, 5.74) is 0.177. The minimum absolute atomic E-state index is 0.0210. The molecule has 0 aliphatic heterocycles. The van der Waals surface area contributed by atoms with E-state index in [9.17, 15) is 13.6 Å². The van der Waals surface area contributed by atoms with Gasteiger partial charge in [0.05, 0.1) is 5.69 Å². The van der Waals surface area contributed by atoms with Crippen molar-refractivity contribution in [2.24, 2.45) is 0 Å². The first-order valence-electron chi connectivity index (χ1n) is 6.61. The highest BCUT2D eigenvalue weighted by molar-refractivity contribution is 6.30. The highest BCUT2D eigenvalue weighted by Crippen LogP contribution is 2.19. The van der Waals surface area contributed by atoms with Gasteiger partial charge in [0.25, 0.3) is 5.91 Å². The molecule has 0 unspecified atom stereocenters. The lowest BCUT2D eigenvalue weighted by Gasteiger charge is -2.06. The molecule has 0 spiro atoms. The summed E-state index contributed by atoms with van der Waals surface area (Å²) < 4.78 is 28.5. The Bertz CT molecular complexity index is 859. The minimum atomic E-state index is -0.854. The summed E-state index contributed by atoms with van der Waals surface area (Å²) in [6.45, 7) is 0. The topological polar surface area (TPSA) is 46.9 Å². The molecule has 0 atom stereocenters. The third kappa shape index (κ3) is 3.22. The van der Waals surface area contributed by atoms with Crippen molar-refractivity contribution in [2.75, 3.05) is 5.32 Å². The van der Waals surface area contributed by atoms with E-state index in [-0.39, 0.29) is 5.69 Å². The summed E-state index contributed by atoms with van der Waals surface area (Å²) >= 11 is 5.90. The molecule has 1 aromatic heterocycles. The quantitative estimate of drug-likeness (QED) is 0.785. The Hall–Kier alpha value is -2.73. The van der Waals surface area contributed by atoms with E-state index in [4.69, 9.17) is 11.6 Å². The van der Waals surface area contributed by atoms with Gasteiger partial charge in [-0.25, -0.2) is 13.5 Å². The van der Waals surface area contributed by atoms with Crippen LogP contribution in [0.1, 0.15) is 10.5 Å². The van der Waals surface area contributed by atoms with Gasteiger partial charge in [0.15, 0.2) is 5.69 Å². The lowest BCUT2D eigenvalue weighted by atomic mass is 10.3. The number of benzene rings is 2. The number of halogens is 3. The molecule has 3 aromatic rings. The van der Waals surface area contributed by atoms with Crippen LogP contribution in [-0.4, -0.2) is 15.7 Å². The number of nitrogens with one attached hydrogen (secondary N) is 1. The zero-order valence-electron chi connectivity index (χ0n) is 11.6. The van der Waals surface area contributed by atoms with E-state index in [1.54, 1.807) is 30.5 Å². The smallest absolute Gasteiger partial charge is 0.276 e. The summed E-state index contributed by atoms with van der Waals surface area (Å²) in [4.78, 5) is 12.1. The van der Waals surface area contributed by atoms with E-state index < -0.39 is 23.2 Å². The number of aromatic nitrogens is 2. The highest BCUT2D eigenvalue weighted by atomic mass is 35.5. The molecule has 116 valence electrons. The fourth-order valence-corrected chi connectivity index (χ4v) is 2.19. The van der Waals surface area contributed by atoms with E-state index in [0.29, 0.717) is 10.7 Å². The van der Waals surface area contributed by atoms with Gasteiger partial charge in [-0.05, 0) is 36.4 Å². The van der Waals surface area contributed by atoms with Crippen molar-refractivity contribution in [3.8, 4) is 5.69 Å². The number of rotatable bonds is 3. The van der Waals surface area contributed by atoms with Crippen molar-refractivity contribution in [1.82, 2.24) is 9.78 Å². The maximum Gasteiger partial charge on any atom is 0.276 e. The Morgan fingerprint density at radius 3 is 2.48 bits per heavy atom. The van der Waals surface area contributed by atoms with Gasteiger partial charge in [0.2, 0.25) is 0 Å².